The third kappa shape index (κ3) is 6.04. The summed E-state index contributed by atoms with van der Waals surface area (Å²) in [6, 6.07) is 0. The topological polar surface area (TPSA) is 66.9 Å². The van der Waals surface area contributed by atoms with Crippen LogP contribution in [0.25, 0.3) is 0 Å². The van der Waals surface area contributed by atoms with Crippen molar-refractivity contribution < 1.29 is 17.9 Å². The van der Waals surface area contributed by atoms with Crippen LogP contribution in [0.4, 0.5) is 0 Å². The highest BCUT2D eigenvalue weighted by molar-refractivity contribution is 7.91. The van der Waals surface area contributed by atoms with Gasteiger partial charge in [-0.25, -0.2) is 8.42 Å². The molecule has 23 heavy (non-hydrogen) atoms. The van der Waals surface area contributed by atoms with Crippen molar-refractivity contribution in [2.75, 3.05) is 57.4 Å². The number of hydrogen-bond acceptors (Lipinski definition) is 5. The van der Waals surface area contributed by atoms with Gasteiger partial charge >= 0.3 is 0 Å². The van der Waals surface area contributed by atoms with Gasteiger partial charge in [0.15, 0.2) is 9.84 Å². The van der Waals surface area contributed by atoms with E-state index in [2.05, 4.69) is 18.7 Å². The van der Waals surface area contributed by atoms with Crippen LogP contribution in [0.15, 0.2) is 0 Å². The Morgan fingerprint density at radius 3 is 2.43 bits per heavy atom. The highest BCUT2D eigenvalue weighted by Gasteiger charge is 2.36. The molecule has 0 radical (unpaired) electrons. The fourth-order valence-electron chi connectivity index (χ4n) is 3.05. The summed E-state index contributed by atoms with van der Waals surface area (Å²) in [5.74, 6) is 0.584. The van der Waals surface area contributed by atoms with E-state index < -0.39 is 9.84 Å². The van der Waals surface area contributed by atoms with Gasteiger partial charge in [0.25, 0.3) is 0 Å². The van der Waals surface area contributed by atoms with E-state index >= 15 is 0 Å². The van der Waals surface area contributed by atoms with E-state index in [1.165, 1.54) is 0 Å². The van der Waals surface area contributed by atoms with Crippen LogP contribution < -0.4 is 0 Å². The quantitative estimate of drug-likeness (QED) is 0.633. The number of carbonyl (C=O) groups is 1. The van der Waals surface area contributed by atoms with Gasteiger partial charge in [-0.1, -0.05) is 13.8 Å². The van der Waals surface area contributed by atoms with Crippen molar-refractivity contribution >= 4 is 15.7 Å². The number of rotatable bonds is 7. The maximum Gasteiger partial charge on any atom is 0.226 e. The predicted molar refractivity (Wildman–Crippen MR) is 90.1 cm³/mol. The summed E-state index contributed by atoms with van der Waals surface area (Å²) in [5.41, 5.74) is 0. The fourth-order valence-corrected chi connectivity index (χ4v) is 4.79. The van der Waals surface area contributed by atoms with Gasteiger partial charge in [0.2, 0.25) is 5.91 Å². The molecule has 2 rings (SSSR count). The first-order chi connectivity index (χ1) is 10.9. The summed E-state index contributed by atoms with van der Waals surface area (Å²) in [6.45, 7) is 9.91. The minimum absolute atomic E-state index is 0.0268. The Balaban J connectivity index is 1.63. The van der Waals surface area contributed by atoms with Gasteiger partial charge in [0.05, 0.1) is 24.0 Å². The van der Waals surface area contributed by atoms with Gasteiger partial charge in [0.1, 0.15) is 0 Å². The Bertz CT molecular complexity index is 484. The zero-order chi connectivity index (χ0) is 16.9. The van der Waals surface area contributed by atoms with Crippen LogP contribution in [0.5, 0.6) is 0 Å². The van der Waals surface area contributed by atoms with Crippen molar-refractivity contribution in [3.8, 4) is 0 Å². The molecular weight excluding hydrogens is 316 g/mol. The van der Waals surface area contributed by atoms with Crippen LogP contribution >= 0.6 is 0 Å². The van der Waals surface area contributed by atoms with Gasteiger partial charge in [-0.2, -0.15) is 0 Å². The molecule has 1 atom stereocenters. The summed E-state index contributed by atoms with van der Waals surface area (Å²) >= 11 is 0. The first-order valence-electron chi connectivity index (χ1n) is 8.67. The molecule has 2 aliphatic rings. The molecule has 0 bridgehead atoms. The second-order valence-corrected chi connectivity index (χ2v) is 9.29. The normalized spacial score (nSPS) is 25.2. The standard InChI is InChI=1S/C16H30N2O4S/c1-14(2)3-10-22-11-9-17-5-7-18(8-6-17)16(19)15-4-12-23(20,21)13-15/h14-15H,3-13H2,1-2H3/t15-/m1/s1. The first kappa shape index (κ1) is 18.7. The molecule has 0 saturated carbocycles. The van der Waals surface area contributed by atoms with E-state index in [4.69, 9.17) is 4.74 Å². The van der Waals surface area contributed by atoms with Crippen LogP contribution in [-0.4, -0.2) is 81.6 Å². The second-order valence-electron chi connectivity index (χ2n) is 7.06. The van der Waals surface area contributed by atoms with Crippen LogP contribution in [-0.2, 0) is 19.4 Å². The number of ether oxygens (including phenoxy) is 1. The Morgan fingerprint density at radius 2 is 1.87 bits per heavy atom. The molecule has 2 aliphatic heterocycles. The maximum absolute atomic E-state index is 12.4. The van der Waals surface area contributed by atoms with Crippen molar-refractivity contribution in [1.29, 1.82) is 0 Å². The molecule has 2 heterocycles. The molecule has 134 valence electrons. The molecule has 0 unspecified atom stereocenters. The SMILES string of the molecule is CC(C)CCOCCN1CCN(C(=O)[C@@H]2CCS(=O)(=O)C2)CC1. The first-order valence-corrected chi connectivity index (χ1v) is 10.5. The average Bonchev–Trinajstić information content (AvgIpc) is 2.87. The van der Waals surface area contributed by atoms with Gasteiger partial charge in [-0.15, -0.1) is 0 Å². The zero-order valence-electron chi connectivity index (χ0n) is 14.4. The molecule has 0 aromatic rings. The lowest BCUT2D eigenvalue weighted by atomic mass is 10.1. The summed E-state index contributed by atoms with van der Waals surface area (Å²) in [6.07, 6.45) is 1.58. The molecule has 6 nitrogen and oxygen atoms in total. The van der Waals surface area contributed by atoms with E-state index in [9.17, 15) is 13.2 Å². The largest absolute Gasteiger partial charge is 0.380 e. The Hall–Kier alpha value is -0.660. The van der Waals surface area contributed by atoms with Crippen molar-refractivity contribution in [1.82, 2.24) is 9.80 Å². The lowest BCUT2D eigenvalue weighted by molar-refractivity contribution is -0.136. The molecule has 0 aliphatic carbocycles. The second kappa shape index (κ2) is 8.44. The molecule has 0 aromatic heterocycles. The highest BCUT2D eigenvalue weighted by Crippen LogP contribution is 2.21. The third-order valence-corrected chi connectivity index (χ3v) is 6.42. The van der Waals surface area contributed by atoms with E-state index in [1.807, 2.05) is 4.90 Å². The third-order valence-electron chi connectivity index (χ3n) is 4.66. The van der Waals surface area contributed by atoms with Crippen molar-refractivity contribution in [3.63, 3.8) is 0 Å². The summed E-state index contributed by atoms with van der Waals surface area (Å²) in [7, 11) is -2.99. The lowest BCUT2D eigenvalue weighted by Crippen LogP contribution is -2.51. The van der Waals surface area contributed by atoms with Crippen LogP contribution in [0.3, 0.4) is 0 Å². The number of piperazine rings is 1. The Morgan fingerprint density at radius 1 is 1.17 bits per heavy atom. The molecule has 0 spiro atoms. The molecule has 2 saturated heterocycles. The van der Waals surface area contributed by atoms with Gasteiger partial charge < -0.3 is 9.64 Å². The minimum Gasteiger partial charge on any atom is -0.380 e. The van der Waals surface area contributed by atoms with Crippen LogP contribution in [0.2, 0.25) is 0 Å². The van der Waals surface area contributed by atoms with Gasteiger partial charge in [-0.3, -0.25) is 9.69 Å². The van der Waals surface area contributed by atoms with E-state index in [0.29, 0.717) is 25.4 Å². The summed E-state index contributed by atoms with van der Waals surface area (Å²) < 4.78 is 28.6. The average molecular weight is 346 g/mol. The zero-order valence-corrected chi connectivity index (χ0v) is 15.2. The molecule has 1 amide bonds. The van der Waals surface area contributed by atoms with Crippen molar-refractivity contribution in [2.24, 2.45) is 11.8 Å². The molecular formula is C16H30N2O4S. The molecule has 7 heteroatoms. The van der Waals surface area contributed by atoms with Crippen LogP contribution in [0.1, 0.15) is 26.7 Å². The number of amides is 1. The van der Waals surface area contributed by atoms with Crippen LogP contribution in [0, 0.1) is 11.8 Å². The van der Waals surface area contributed by atoms with Gasteiger partial charge in [0, 0.05) is 39.3 Å². The lowest BCUT2D eigenvalue weighted by Gasteiger charge is -2.35. The van der Waals surface area contributed by atoms with Crippen molar-refractivity contribution in [3.05, 3.63) is 0 Å². The van der Waals surface area contributed by atoms with Gasteiger partial charge in [-0.05, 0) is 18.8 Å². The molecule has 2 fully saturated rings. The number of hydrogen-bond donors (Lipinski definition) is 0. The smallest absolute Gasteiger partial charge is 0.226 e. The Kier molecular flexibility index (Phi) is 6.85. The number of sulfone groups is 1. The predicted octanol–water partition coefficient (Wildman–Crippen LogP) is 0.628. The maximum atomic E-state index is 12.4. The summed E-state index contributed by atoms with van der Waals surface area (Å²) in [5, 5.41) is 0. The molecule has 0 aromatic carbocycles. The fraction of sp³-hybridized carbons (Fsp3) is 0.938. The van der Waals surface area contributed by atoms with E-state index in [1.54, 1.807) is 0 Å². The number of carbonyl (C=O) groups excluding carboxylic acids is 1. The molecule has 0 N–H and O–H groups in total. The monoisotopic (exact) mass is 346 g/mol. The summed E-state index contributed by atoms with van der Waals surface area (Å²) in [4.78, 5) is 16.5. The van der Waals surface area contributed by atoms with E-state index in [0.717, 1.165) is 39.3 Å². The van der Waals surface area contributed by atoms with E-state index in [-0.39, 0.29) is 23.3 Å². The van der Waals surface area contributed by atoms with Crippen molar-refractivity contribution in [2.45, 2.75) is 26.7 Å². The minimum atomic E-state index is -2.99. The Labute approximate surface area is 140 Å². The number of nitrogens with zero attached hydrogens (tertiary/aromatic N) is 2. The highest BCUT2D eigenvalue weighted by atomic mass is 32.2.